The minimum absolute atomic E-state index is 0.212. The average molecular weight is 351 g/mol. The number of fused-ring (bicyclic) bond motifs is 3. The van der Waals surface area contributed by atoms with E-state index in [1.807, 2.05) is 0 Å². The Morgan fingerprint density at radius 1 is 1.04 bits per heavy atom. The van der Waals surface area contributed by atoms with Crippen LogP contribution in [0.1, 0.15) is 24.1 Å². The third-order valence-corrected chi connectivity index (χ3v) is 5.31. The van der Waals surface area contributed by atoms with Gasteiger partial charge in [-0.25, -0.2) is 9.97 Å². The van der Waals surface area contributed by atoms with Crippen LogP contribution in [0.3, 0.4) is 0 Å². The predicted octanol–water partition coefficient (Wildman–Crippen LogP) is -0.479. The summed E-state index contributed by atoms with van der Waals surface area (Å²) in [5.41, 5.74) is 2.88. The normalized spacial score (nSPS) is 13.9. The number of carbonyl (C=O) groups excluding carboxylic acids is 2. The summed E-state index contributed by atoms with van der Waals surface area (Å²) in [6.45, 7) is 0. The van der Waals surface area contributed by atoms with Crippen molar-refractivity contribution in [2.45, 2.75) is 35.9 Å². The van der Waals surface area contributed by atoms with E-state index in [0.29, 0.717) is 15.8 Å². The van der Waals surface area contributed by atoms with Crippen LogP contribution in [0.15, 0.2) is 10.2 Å². The second kappa shape index (κ2) is 6.79. The molecule has 1 aliphatic rings. The van der Waals surface area contributed by atoms with Crippen molar-refractivity contribution in [1.82, 2.24) is 15.0 Å². The Morgan fingerprint density at radius 3 is 2.48 bits per heavy atom. The molecule has 0 aliphatic heterocycles. The Bertz CT molecular complexity index is 775. The molecule has 0 saturated heterocycles. The van der Waals surface area contributed by atoms with Crippen LogP contribution in [0.5, 0.6) is 0 Å². The van der Waals surface area contributed by atoms with Gasteiger partial charge in [0.1, 0.15) is 10.7 Å². The van der Waals surface area contributed by atoms with Crippen LogP contribution in [0, 0.1) is 0 Å². The third kappa shape index (κ3) is 3.61. The van der Waals surface area contributed by atoms with Crippen LogP contribution in [-0.4, -0.2) is 38.4 Å². The quantitative estimate of drug-likeness (QED) is 0.421. The molecule has 0 spiro atoms. The molecule has 3 rings (SSSR count). The van der Waals surface area contributed by atoms with E-state index in [0.717, 1.165) is 65.9 Å². The highest BCUT2D eigenvalue weighted by molar-refractivity contribution is 8.00. The standard InChI is InChI=1S/C14H15N3O4S2/c18-9(19)5-22-13-11-7-3-1-2-4-8(7)15-12(11)16-14(17-13)23-6-10(20)21/h1-6H2,(H,18,19)(H,20,21)(H,15,16,17)/p-2. The molecule has 122 valence electrons. The lowest BCUT2D eigenvalue weighted by atomic mass is 9.96. The van der Waals surface area contributed by atoms with Crippen molar-refractivity contribution in [3.8, 4) is 0 Å². The second-order valence-electron chi connectivity index (χ2n) is 5.15. The van der Waals surface area contributed by atoms with Gasteiger partial charge in [0.2, 0.25) is 0 Å². The molecule has 2 heterocycles. The molecule has 2 aromatic rings. The van der Waals surface area contributed by atoms with E-state index < -0.39 is 11.9 Å². The molecule has 23 heavy (non-hydrogen) atoms. The van der Waals surface area contributed by atoms with Crippen LogP contribution < -0.4 is 10.2 Å². The zero-order valence-corrected chi connectivity index (χ0v) is 13.7. The molecule has 0 unspecified atom stereocenters. The van der Waals surface area contributed by atoms with Gasteiger partial charge < -0.3 is 24.8 Å². The van der Waals surface area contributed by atoms with Gasteiger partial charge in [-0.05, 0) is 31.2 Å². The number of nitrogens with one attached hydrogen (secondary N) is 1. The predicted molar refractivity (Wildman–Crippen MR) is 82.0 cm³/mol. The van der Waals surface area contributed by atoms with Gasteiger partial charge >= 0.3 is 0 Å². The fourth-order valence-electron chi connectivity index (χ4n) is 2.66. The second-order valence-corrected chi connectivity index (χ2v) is 7.05. The Hall–Kier alpha value is -1.74. The monoisotopic (exact) mass is 351 g/mol. The van der Waals surface area contributed by atoms with Gasteiger partial charge in [0.15, 0.2) is 5.16 Å². The number of H-pyrrole nitrogens is 1. The molecule has 0 atom stereocenters. The Labute approximate surface area is 140 Å². The fraction of sp³-hybridized carbons (Fsp3) is 0.429. The SMILES string of the molecule is O=C([O-])CSc1nc(SCC(=O)[O-])c2c3c([nH]c2n1)CCCC3. The molecular weight excluding hydrogens is 338 g/mol. The summed E-state index contributed by atoms with van der Waals surface area (Å²) in [6, 6.07) is 0. The zero-order chi connectivity index (χ0) is 16.4. The van der Waals surface area contributed by atoms with E-state index in [-0.39, 0.29) is 11.5 Å². The van der Waals surface area contributed by atoms with E-state index in [1.165, 1.54) is 0 Å². The van der Waals surface area contributed by atoms with Gasteiger partial charge in [-0.2, -0.15) is 0 Å². The molecule has 2 aromatic heterocycles. The average Bonchev–Trinajstić information content (AvgIpc) is 2.89. The molecule has 1 aliphatic carbocycles. The minimum Gasteiger partial charge on any atom is -0.549 e. The van der Waals surface area contributed by atoms with Crippen LogP contribution in [0.4, 0.5) is 0 Å². The molecule has 0 saturated carbocycles. The topological polar surface area (TPSA) is 122 Å². The number of carbonyl (C=O) groups is 2. The van der Waals surface area contributed by atoms with Crippen LogP contribution in [0.25, 0.3) is 11.0 Å². The summed E-state index contributed by atoms with van der Waals surface area (Å²) in [5, 5.41) is 23.1. The van der Waals surface area contributed by atoms with Crippen molar-refractivity contribution in [1.29, 1.82) is 0 Å². The number of nitrogens with zero attached hydrogens (tertiary/aromatic N) is 2. The van der Waals surface area contributed by atoms with Gasteiger partial charge in [0, 0.05) is 17.2 Å². The first-order valence-corrected chi connectivity index (χ1v) is 9.08. The summed E-state index contributed by atoms with van der Waals surface area (Å²) >= 11 is 2.03. The number of aryl methyl sites for hydroxylation is 2. The number of aromatic amines is 1. The molecular formula is C14H13N3O4S2-2. The molecule has 0 radical (unpaired) electrons. The number of carboxylic acid groups (broad SMARTS) is 2. The third-order valence-electron chi connectivity index (χ3n) is 3.54. The molecule has 7 nitrogen and oxygen atoms in total. The number of carboxylic acids is 2. The van der Waals surface area contributed by atoms with Crippen molar-refractivity contribution in [3.05, 3.63) is 11.3 Å². The number of aromatic nitrogens is 3. The Kier molecular flexibility index (Phi) is 4.76. The van der Waals surface area contributed by atoms with Crippen molar-refractivity contribution < 1.29 is 19.8 Å². The summed E-state index contributed by atoms with van der Waals surface area (Å²) in [6.07, 6.45) is 4.01. The number of hydrogen-bond donors (Lipinski definition) is 1. The van der Waals surface area contributed by atoms with Crippen molar-refractivity contribution >= 4 is 46.5 Å². The lowest BCUT2D eigenvalue weighted by molar-refractivity contribution is -0.302. The first kappa shape index (κ1) is 16.1. The first-order valence-electron chi connectivity index (χ1n) is 7.11. The summed E-state index contributed by atoms with van der Waals surface area (Å²) in [7, 11) is 0. The Morgan fingerprint density at radius 2 is 1.74 bits per heavy atom. The van der Waals surface area contributed by atoms with Crippen molar-refractivity contribution in [2.24, 2.45) is 0 Å². The molecule has 1 N–H and O–H groups in total. The Balaban J connectivity index is 2.03. The fourth-order valence-corrected chi connectivity index (χ4v) is 4.05. The maximum absolute atomic E-state index is 10.8. The van der Waals surface area contributed by atoms with E-state index in [9.17, 15) is 19.8 Å². The number of rotatable bonds is 6. The van der Waals surface area contributed by atoms with E-state index in [2.05, 4.69) is 15.0 Å². The number of aliphatic carboxylic acids is 2. The van der Waals surface area contributed by atoms with Crippen molar-refractivity contribution in [3.63, 3.8) is 0 Å². The highest BCUT2D eigenvalue weighted by Gasteiger charge is 2.21. The largest absolute Gasteiger partial charge is 0.549 e. The molecule has 0 fully saturated rings. The van der Waals surface area contributed by atoms with Crippen molar-refractivity contribution in [2.75, 3.05) is 11.5 Å². The first-order chi connectivity index (χ1) is 11.0. The smallest absolute Gasteiger partial charge is 0.190 e. The highest BCUT2D eigenvalue weighted by Crippen LogP contribution is 2.35. The van der Waals surface area contributed by atoms with E-state index in [4.69, 9.17) is 0 Å². The molecule has 0 bridgehead atoms. The lowest BCUT2D eigenvalue weighted by Gasteiger charge is -2.12. The molecule has 9 heteroatoms. The van der Waals surface area contributed by atoms with E-state index in [1.54, 1.807) is 0 Å². The number of thioether (sulfide) groups is 2. The minimum atomic E-state index is -1.20. The maximum Gasteiger partial charge on any atom is 0.190 e. The van der Waals surface area contributed by atoms with Crippen LogP contribution in [0.2, 0.25) is 0 Å². The molecule has 0 aromatic carbocycles. The lowest BCUT2D eigenvalue weighted by Crippen LogP contribution is -2.24. The van der Waals surface area contributed by atoms with Gasteiger partial charge in [0.25, 0.3) is 0 Å². The zero-order valence-electron chi connectivity index (χ0n) is 12.1. The summed E-state index contributed by atoms with van der Waals surface area (Å²) in [5.74, 6) is -2.84. The van der Waals surface area contributed by atoms with Gasteiger partial charge in [-0.1, -0.05) is 23.5 Å². The van der Waals surface area contributed by atoms with E-state index >= 15 is 0 Å². The van der Waals surface area contributed by atoms with Gasteiger partial charge in [0.05, 0.1) is 17.3 Å². The summed E-state index contributed by atoms with van der Waals surface area (Å²) in [4.78, 5) is 33.3. The van der Waals surface area contributed by atoms with Crippen LogP contribution >= 0.6 is 23.5 Å². The maximum atomic E-state index is 10.8. The highest BCUT2D eigenvalue weighted by atomic mass is 32.2. The van der Waals surface area contributed by atoms with Crippen LogP contribution in [-0.2, 0) is 22.4 Å². The number of hydrogen-bond acceptors (Lipinski definition) is 8. The van der Waals surface area contributed by atoms with Gasteiger partial charge in [-0.15, -0.1) is 0 Å². The molecule has 0 amide bonds. The van der Waals surface area contributed by atoms with Gasteiger partial charge in [-0.3, -0.25) is 0 Å². The summed E-state index contributed by atoms with van der Waals surface area (Å²) < 4.78 is 0.